The minimum absolute atomic E-state index is 0.0161. The quantitative estimate of drug-likeness (QED) is 0.479. The summed E-state index contributed by atoms with van der Waals surface area (Å²) in [6.45, 7) is 1.98. The van der Waals surface area contributed by atoms with E-state index in [0.717, 1.165) is 16.8 Å². The summed E-state index contributed by atoms with van der Waals surface area (Å²) in [4.78, 5) is 17.0. The van der Waals surface area contributed by atoms with Gasteiger partial charge in [0, 0.05) is 18.1 Å². The zero-order chi connectivity index (χ0) is 21.8. The van der Waals surface area contributed by atoms with E-state index in [-0.39, 0.29) is 23.8 Å². The summed E-state index contributed by atoms with van der Waals surface area (Å²) in [6, 6.07) is 20.0. The van der Waals surface area contributed by atoms with E-state index in [4.69, 9.17) is 0 Å². The first kappa shape index (κ1) is 20.8. The van der Waals surface area contributed by atoms with E-state index in [9.17, 15) is 13.2 Å². The lowest BCUT2D eigenvalue weighted by Crippen LogP contribution is -2.15. The molecule has 2 aromatic heterocycles. The number of anilines is 1. The van der Waals surface area contributed by atoms with Crippen LogP contribution in [0.1, 0.15) is 22.4 Å². The third-order valence-corrected chi connectivity index (χ3v) is 6.44. The lowest BCUT2D eigenvalue weighted by molar-refractivity contribution is -0.115. The summed E-state index contributed by atoms with van der Waals surface area (Å²) in [7, 11) is -3.33. The lowest BCUT2D eigenvalue weighted by Gasteiger charge is -2.08. The van der Waals surface area contributed by atoms with E-state index in [1.807, 2.05) is 54.0 Å². The number of hydrogen-bond donors (Lipinski definition) is 1. The molecule has 7 heteroatoms. The molecule has 1 amide bonds. The van der Waals surface area contributed by atoms with Crippen LogP contribution in [0.5, 0.6) is 0 Å². The molecule has 0 saturated carbocycles. The molecule has 0 unspecified atom stereocenters. The monoisotopic (exact) mass is 433 g/mol. The summed E-state index contributed by atoms with van der Waals surface area (Å²) < 4.78 is 27.0. The van der Waals surface area contributed by atoms with Crippen molar-refractivity contribution in [3.63, 3.8) is 0 Å². The number of sulfone groups is 1. The van der Waals surface area contributed by atoms with Crippen molar-refractivity contribution in [2.75, 3.05) is 5.32 Å². The van der Waals surface area contributed by atoms with Crippen molar-refractivity contribution in [2.24, 2.45) is 0 Å². The van der Waals surface area contributed by atoms with E-state index in [1.165, 1.54) is 0 Å². The van der Waals surface area contributed by atoms with E-state index in [0.29, 0.717) is 16.9 Å². The Bertz CT molecular complexity index is 1330. The average Bonchev–Trinajstić information content (AvgIpc) is 3.12. The van der Waals surface area contributed by atoms with E-state index in [1.54, 1.807) is 36.4 Å². The molecule has 6 nitrogen and oxygen atoms in total. The first-order valence-corrected chi connectivity index (χ1v) is 11.8. The van der Waals surface area contributed by atoms with Gasteiger partial charge in [0.15, 0.2) is 9.84 Å². The maximum absolute atomic E-state index is 12.6. The number of aryl methyl sites for hydroxylation is 1. The molecule has 31 heavy (non-hydrogen) atoms. The normalized spacial score (nSPS) is 11.5. The Balaban J connectivity index is 1.41. The highest BCUT2D eigenvalue weighted by atomic mass is 32.2. The van der Waals surface area contributed by atoms with Crippen LogP contribution in [0.4, 0.5) is 5.69 Å². The van der Waals surface area contributed by atoms with Crippen LogP contribution < -0.4 is 5.32 Å². The number of fused-ring (bicyclic) bond motifs is 1. The predicted molar refractivity (Wildman–Crippen MR) is 121 cm³/mol. The number of pyridine rings is 1. The summed E-state index contributed by atoms with van der Waals surface area (Å²) in [6.07, 6.45) is 3.88. The average molecular weight is 434 g/mol. The highest BCUT2D eigenvalue weighted by molar-refractivity contribution is 7.89. The van der Waals surface area contributed by atoms with Crippen LogP contribution in [0.3, 0.4) is 0 Å². The smallest absolute Gasteiger partial charge is 0.230 e. The van der Waals surface area contributed by atoms with Gasteiger partial charge in [-0.15, -0.1) is 0 Å². The van der Waals surface area contributed by atoms with E-state index < -0.39 is 9.84 Å². The number of hydrogen-bond acceptors (Lipinski definition) is 4. The van der Waals surface area contributed by atoms with Gasteiger partial charge < -0.3 is 9.72 Å². The molecule has 4 aromatic rings. The van der Waals surface area contributed by atoms with Crippen LogP contribution in [-0.2, 0) is 32.6 Å². The van der Waals surface area contributed by atoms with Crippen molar-refractivity contribution in [3.8, 4) is 0 Å². The third kappa shape index (κ3) is 5.38. The summed E-state index contributed by atoms with van der Waals surface area (Å²) in [5, 5.41) is 2.84. The van der Waals surface area contributed by atoms with Gasteiger partial charge in [-0.1, -0.05) is 48.5 Å². The fourth-order valence-electron chi connectivity index (χ4n) is 3.53. The lowest BCUT2D eigenvalue weighted by atomic mass is 10.2. The molecule has 0 saturated heterocycles. The molecule has 0 aliphatic carbocycles. The molecule has 158 valence electrons. The van der Waals surface area contributed by atoms with Gasteiger partial charge >= 0.3 is 0 Å². The SMILES string of the molecule is Cc1cccn2cc(CC(=O)Nc3cccc(CS(=O)(=O)Cc4ccccc4)c3)nc12. The van der Waals surface area contributed by atoms with Gasteiger partial charge in [0.2, 0.25) is 5.91 Å². The molecule has 0 spiro atoms. The Morgan fingerprint density at radius 1 is 0.968 bits per heavy atom. The number of amides is 1. The third-order valence-electron chi connectivity index (χ3n) is 4.90. The molecule has 0 radical (unpaired) electrons. The summed E-state index contributed by atoms with van der Waals surface area (Å²) in [5.41, 5.74) is 4.51. The zero-order valence-corrected chi connectivity index (χ0v) is 18.0. The molecule has 2 aromatic carbocycles. The van der Waals surface area contributed by atoms with E-state index in [2.05, 4.69) is 10.3 Å². The number of nitrogens with one attached hydrogen (secondary N) is 1. The van der Waals surface area contributed by atoms with Crippen LogP contribution in [0, 0.1) is 6.92 Å². The molecular formula is C24H23N3O3S. The van der Waals surface area contributed by atoms with Gasteiger partial charge in [0.1, 0.15) is 5.65 Å². The Kier molecular flexibility index (Phi) is 5.86. The minimum atomic E-state index is -3.33. The predicted octanol–water partition coefficient (Wildman–Crippen LogP) is 3.94. The van der Waals surface area contributed by atoms with Crippen LogP contribution >= 0.6 is 0 Å². The number of imidazole rings is 1. The van der Waals surface area contributed by atoms with Crippen molar-refractivity contribution in [1.29, 1.82) is 0 Å². The maximum atomic E-state index is 12.6. The highest BCUT2D eigenvalue weighted by Crippen LogP contribution is 2.17. The molecular weight excluding hydrogens is 410 g/mol. The van der Waals surface area contributed by atoms with Crippen molar-refractivity contribution < 1.29 is 13.2 Å². The Morgan fingerprint density at radius 3 is 2.48 bits per heavy atom. The molecule has 0 fully saturated rings. The van der Waals surface area contributed by atoms with Gasteiger partial charge in [-0.3, -0.25) is 4.79 Å². The van der Waals surface area contributed by atoms with Gasteiger partial charge in [0.25, 0.3) is 0 Å². The van der Waals surface area contributed by atoms with Crippen LogP contribution in [0.15, 0.2) is 79.1 Å². The number of aromatic nitrogens is 2. The Labute approximate surface area is 181 Å². The molecule has 0 aliphatic rings. The Hall–Kier alpha value is -3.45. The highest BCUT2D eigenvalue weighted by Gasteiger charge is 2.14. The molecule has 0 bridgehead atoms. The fraction of sp³-hybridized carbons (Fsp3) is 0.167. The molecule has 0 aliphatic heterocycles. The fourth-order valence-corrected chi connectivity index (χ4v) is 5.02. The first-order valence-electron chi connectivity index (χ1n) is 9.94. The van der Waals surface area contributed by atoms with Crippen LogP contribution in [0.25, 0.3) is 5.65 Å². The maximum Gasteiger partial charge on any atom is 0.230 e. The minimum Gasteiger partial charge on any atom is -0.326 e. The second-order valence-corrected chi connectivity index (χ2v) is 9.66. The van der Waals surface area contributed by atoms with Crippen molar-refractivity contribution in [3.05, 3.63) is 102 Å². The zero-order valence-electron chi connectivity index (χ0n) is 17.2. The van der Waals surface area contributed by atoms with Crippen molar-refractivity contribution in [1.82, 2.24) is 9.38 Å². The van der Waals surface area contributed by atoms with E-state index >= 15 is 0 Å². The Morgan fingerprint density at radius 2 is 1.71 bits per heavy atom. The van der Waals surface area contributed by atoms with Crippen molar-refractivity contribution in [2.45, 2.75) is 24.9 Å². The molecule has 4 rings (SSSR count). The number of carbonyl (C=O) groups is 1. The molecule has 2 heterocycles. The second-order valence-electron chi connectivity index (χ2n) is 7.60. The van der Waals surface area contributed by atoms with Gasteiger partial charge in [-0.25, -0.2) is 13.4 Å². The molecule has 1 N–H and O–H groups in total. The first-order chi connectivity index (χ1) is 14.9. The second kappa shape index (κ2) is 8.73. The number of benzene rings is 2. The van der Waals surface area contributed by atoms with Crippen LogP contribution in [0.2, 0.25) is 0 Å². The van der Waals surface area contributed by atoms with Gasteiger partial charge in [0.05, 0.1) is 23.6 Å². The summed E-state index contributed by atoms with van der Waals surface area (Å²) in [5.74, 6) is -0.306. The number of rotatable bonds is 7. The topological polar surface area (TPSA) is 80.5 Å². The van der Waals surface area contributed by atoms with Gasteiger partial charge in [-0.2, -0.15) is 0 Å². The van der Waals surface area contributed by atoms with Gasteiger partial charge in [-0.05, 0) is 41.8 Å². The number of nitrogens with zero attached hydrogens (tertiary/aromatic N) is 2. The van der Waals surface area contributed by atoms with Crippen LogP contribution in [-0.4, -0.2) is 23.7 Å². The standard InChI is InChI=1S/C24H23N3O3S/c1-18-7-6-12-27-15-22(26-24(18)27)14-23(28)25-21-11-5-10-20(13-21)17-31(29,30)16-19-8-3-2-4-9-19/h2-13,15H,14,16-17H2,1H3,(H,25,28). The number of carbonyl (C=O) groups excluding carboxylic acids is 1. The molecule has 0 atom stereocenters. The largest absolute Gasteiger partial charge is 0.326 e. The summed E-state index contributed by atoms with van der Waals surface area (Å²) >= 11 is 0. The van der Waals surface area contributed by atoms with Crippen molar-refractivity contribution >= 4 is 27.1 Å².